The first-order valence-electron chi connectivity index (χ1n) is 6.74. The van der Waals surface area contributed by atoms with Gasteiger partial charge < -0.3 is 4.42 Å². The number of fused-ring (bicyclic) bond motifs is 7. The van der Waals surface area contributed by atoms with Crippen LogP contribution in [0, 0.1) is 0 Å². The molecule has 0 spiro atoms. The third kappa shape index (κ3) is 1.46. The van der Waals surface area contributed by atoms with Crippen LogP contribution in [0.1, 0.15) is 0 Å². The minimum Gasteiger partial charge on any atom is -0.455 e. The highest BCUT2D eigenvalue weighted by Gasteiger charge is 2.16. The van der Waals surface area contributed by atoms with E-state index in [0.29, 0.717) is 0 Å². The molecule has 100 valence electrons. The molecule has 0 aliphatic rings. The summed E-state index contributed by atoms with van der Waals surface area (Å²) >= 11 is 8.32. The molecule has 3 heteroatoms. The van der Waals surface area contributed by atoms with Crippen molar-refractivity contribution in [3.63, 3.8) is 0 Å². The fourth-order valence-corrected chi connectivity index (χ4v) is 4.59. The van der Waals surface area contributed by atoms with Gasteiger partial charge in [0.1, 0.15) is 5.58 Å². The second kappa shape index (κ2) is 4.00. The molecule has 0 atom stereocenters. The average Bonchev–Trinajstić information content (AvgIpc) is 3.06. The number of thiophene rings is 1. The first kappa shape index (κ1) is 11.6. The molecule has 5 rings (SSSR count). The molecule has 3 aromatic carbocycles. The van der Waals surface area contributed by atoms with E-state index in [1.807, 2.05) is 30.3 Å². The SMILES string of the molecule is Clc1cc2c3ccccc3oc2c2sc3ccccc3c12. The lowest BCUT2D eigenvalue weighted by molar-refractivity contribution is 0.673. The summed E-state index contributed by atoms with van der Waals surface area (Å²) in [5, 5.41) is 5.30. The van der Waals surface area contributed by atoms with Crippen LogP contribution in [-0.4, -0.2) is 0 Å². The molecule has 0 bridgehead atoms. The van der Waals surface area contributed by atoms with E-state index < -0.39 is 0 Å². The Morgan fingerprint density at radius 1 is 0.857 bits per heavy atom. The number of hydrogen-bond donors (Lipinski definition) is 0. The van der Waals surface area contributed by atoms with Crippen molar-refractivity contribution >= 4 is 65.0 Å². The second-order valence-electron chi connectivity index (χ2n) is 5.14. The molecule has 2 heterocycles. The quantitative estimate of drug-likeness (QED) is 0.314. The van der Waals surface area contributed by atoms with E-state index in [1.54, 1.807) is 11.3 Å². The van der Waals surface area contributed by atoms with E-state index in [0.717, 1.165) is 37.0 Å². The van der Waals surface area contributed by atoms with E-state index in [1.165, 1.54) is 10.1 Å². The summed E-state index contributed by atoms with van der Waals surface area (Å²) in [5.41, 5.74) is 1.85. The summed E-state index contributed by atoms with van der Waals surface area (Å²) in [6.45, 7) is 0. The van der Waals surface area contributed by atoms with Gasteiger partial charge in [-0.15, -0.1) is 11.3 Å². The number of hydrogen-bond acceptors (Lipinski definition) is 2. The van der Waals surface area contributed by atoms with Gasteiger partial charge in [0.15, 0.2) is 5.58 Å². The van der Waals surface area contributed by atoms with E-state index in [2.05, 4.69) is 24.3 Å². The minimum absolute atomic E-state index is 0.793. The normalized spacial score (nSPS) is 12.0. The largest absolute Gasteiger partial charge is 0.455 e. The van der Waals surface area contributed by atoms with Crippen LogP contribution in [0.2, 0.25) is 5.02 Å². The Balaban J connectivity index is 2.14. The fraction of sp³-hybridized carbons (Fsp3) is 0. The first-order chi connectivity index (χ1) is 10.3. The van der Waals surface area contributed by atoms with Crippen molar-refractivity contribution in [2.45, 2.75) is 0 Å². The average molecular weight is 309 g/mol. The Hall–Kier alpha value is -2.03. The second-order valence-corrected chi connectivity index (χ2v) is 6.60. The highest BCUT2D eigenvalue weighted by atomic mass is 35.5. The van der Waals surface area contributed by atoms with E-state index in [9.17, 15) is 0 Å². The third-order valence-electron chi connectivity index (χ3n) is 3.95. The summed E-state index contributed by atoms with van der Waals surface area (Å²) < 4.78 is 8.47. The van der Waals surface area contributed by atoms with Gasteiger partial charge in [0.2, 0.25) is 0 Å². The van der Waals surface area contributed by atoms with Crippen molar-refractivity contribution in [1.29, 1.82) is 0 Å². The van der Waals surface area contributed by atoms with Crippen molar-refractivity contribution in [3.05, 3.63) is 59.6 Å². The molecular formula is C18H9ClOS. The lowest BCUT2D eigenvalue weighted by Gasteiger charge is -1.97. The molecule has 0 aliphatic carbocycles. The Morgan fingerprint density at radius 3 is 2.52 bits per heavy atom. The molecule has 0 radical (unpaired) electrons. The highest BCUT2D eigenvalue weighted by Crippen LogP contribution is 2.44. The zero-order chi connectivity index (χ0) is 14.0. The van der Waals surface area contributed by atoms with Crippen molar-refractivity contribution in [2.75, 3.05) is 0 Å². The number of rotatable bonds is 0. The molecule has 0 amide bonds. The van der Waals surface area contributed by atoms with Gasteiger partial charge in [-0.05, 0) is 18.2 Å². The van der Waals surface area contributed by atoms with Crippen molar-refractivity contribution in [2.24, 2.45) is 0 Å². The number of para-hydroxylation sites is 1. The van der Waals surface area contributed by atoms with Crippen LogP contribution in [0.4, 0.5) is 0 Å². The Kier molecular flexibility index (Phi) is 2.21. The van der Waals surface area contributed by atoms with Crippen molar-refractivity contribution < 1.29 is 4.42 Å². The van der Waals surface area contributed by atoms with Crippen molar-refractivity contribution in [3.8, 4) is 0 Å². The summed E-state index contributed by atoms with van der Waals surface area (Å²) in [7, 11) is 0. The van der Waals surface area contributed by atoms with Crippen molar-refractivity contribution in [1.82, 2.24) is 0 Å². The maximum atomic E-state index is 6.58. The van der Waals surface area contributed by atoms with Gasteiger partial charge in [0, 0.05) is 26.2 Å². The third-order valence-corrected chi connectivity index (χ3v) is 5.41. The molecule has 0 unspecified atom stereocenters. The lowest BCUT2D eigenvalue weighted by Crippen LogP contribution is -1.71. The van der Waals surface area contributed by atoms with Crippen LogP contribution < -0.4 is 0 Å². The first-order valence-corrected chi connectivity index (χ1v) is 7.93. The van der Waals surface area contributed by atoms with Gasteiger partial charge in [-0.1, -0.05) is 48.0 Å². The fourth-order valence-electron chi connectivity index (χ4n) is 3.02. The van der Waals surface area contributed by atoms with Gasteiger partial charge >= 0.3 is 0 Å². The summed E-state index contributed by atoms with van der Waals surface area (Å²) in [6, 6.07) is 18.5. The summed E-state index contributed by atoms with van der Waals surface area (Å²) in [6.07, 6.45) is 0. The van der Waals surface area contributed by atoms with Gasteiger partial charge in [-0.2, -0.15) is 0 Å². The predicted molar refractivity (Wildman–Crippen MR) is 91.6 cm³/mol. The summed E-state index contributed by atoms with van der Waals surface area (Å²) in [4.78, 5) is 0. The Bertz CT molecular complexity index is 1150. The van der Waals surface area contributed by atoms with Crippen LogP contribution in [0.5, 0.6) is 0 Å². The van der Waals surface area contributed by atoms with E-state index in [-0.39, 0.29) is 0 Å². The maximum Gasteiger partial charge on any atom is 0.153 e. The van der Waals surface area contributed by atoms with Gasteiger partial charge in [-0.3, -0.25) is 0 Å². The summed E-state index contributed by atoms with van der Waals surface area (Å²) in [5.74, 6) is 0. The molecule has 0 fully saturated rings. The smallest absolute Gasteiger partial charge is 0.153 e. The Labute approximate surface area is 129 Å². The highest BCUT2D eigenvalue weighted by molar-refractivity contribution is 7.26. The van der Waals surface area contributed by atoms with Gasteiger partial charge in [0.05, 0.1) is 9.72 Å². The number of furan rings is 1. The van der Waals surface area contributed by atoms with Crippen LogP contribution in [0.25, 0.3) is 42.1 Å². The van der Waals surface area contributed by atoms with E-state index in [4.69, 9.17) is 16.0 Å². The van der Waals surface area contributed by atoms with Gasteiger partial charge in [-0.25, -0.2) is 0 Å². The monoisotopic (exact) mass is 308 g/mol. The maximum absolute atomic E-state index is 6.58. The van der Waals surface area contributed by atoms with E-state index >= 15 is 0 Å². The molecule has 0 aliphatic heterocycles. The van der Waals surface area contributed by atoms with Crippen LogP contribution in [0.15, 0.2) is 59.0 Å². The topological polar surface area (TPSA) is 13.1 Å². The number of benzene rings is 3. The molecule has 5 aromatic rings. The van der Waals surface area contributed by atoms with Crippen LogP contribution in [0.3, 0.4) is 0 Å². The molecule has 2 aromatic heterocycles. The van der Waals surface area contributed by atoms with Gasteiger partial charge in [0.25, 0.3) is 0 Å². The minimum atomic E-state index is 0.793. The zero-order valence-corrected chi connectivity index (χ0v) is 12.5. The molecule has 0 saturated carbocycles. The zero-order valence-electron chi connectivity index (χ0n) is 10.9. The Morgan fingerprint density at radius 2 is 1.62 bits per heavy atom. The van der Waals surface area contributed by atoms with Crippen LogP contribution in [-0.2, 0) is 0 Å². The lowest BCUT2D eigenvalue weighted by atomic mass is 10.1. The molecule has 0 N–H and O–H groups in total. The standard InChI is InChI=1S/C18H9ClOS/c19-13-9-12-10-5-1-3-7-14(10)20-17(12)18-16(13)11-6-2-4-8-15(11)21-18/h1-9H. The molecule has 0 saturated heterocycles. The number of halogens is 1. The predicted octanol–water partition coefficient (Wildman–Crippen LogP) is 6.61. The molecule has 21 heavy (non-hydrogen) atoms. The van der Waals surface area contributed by atoms with Crippen LogP contribution >= 0.6 is 22.9 Å². The molecular weight excluding hydrogens is 300 g/mol. The molecule has 1 nitrogen and oxygen atoms in total.